The first-order valence-electron chi connectivity index (χ1n) is 5.37. The average molecular weight is 236 g/mol. The summed E-state index contributed by atoms with van der Waals surface area (Å²) < 4.78 is 1.43. The molecule has 0 radical (unpaired) electrons. The zero-order valence-corrected chi connectivity index (χ0v) is 9.80. The van der Waals surface area contributed by atoms with Gasteiger partial charge in [-0.2, -0.15) is 0 Å². The van der Waals surface area contributed by atoms with Crippen molar-refractivity contribution in [2.45, 2.75) is 13.5 Å². The Hall–Kier alpha value is -2.04. The molecule has 0 saturated carbocycles. The van der Waals surface area contributed by atoms with E-state index in [0.717, 1.165) is 0 Å². The van der Waals surface area contributed by atoms with Gasteiger partial charge >= 0.3 is 5.97 Å². The van der Waals surface area contributed by atoms with Gasteiger partial charge in [-0.3, -0.25) is 9.59 Å². The first-order valence-corrected chi connectivity index (χ1v) is 5.37. The van der Waals surface area contributed by atoms with Gasteiger partial charge in [-0.25, -0.2) is 0 Å². The van der Waals surface area contributed by atoms with Gasteiger partial charge in [0.15, 0.2) is 0 Å². The third-order valence-electron chi connectivity index (χ3n) is 2.37. The second-order valence-electron chi connectivity index (χ2n) is 3.55. The first-order chi connectivity index (χ1) is 8.10. The Balaban J connectivity index is 2.91. The number of aliphatic carboxylic acids is 1. The van der Waals surface area contributed by atoms with Crippen molar-refractivity contribution in [3.63, 3.8) is 0 Å². The molecule has 0 bridgehead atoms. The highest BCUT2D eigenvalue weighted by molar-refractivity contribution is 5.93. The van der Waals surface area contributed by atoms with E-state index in [1.165, 1.54) is 4.57 Å². The van der Waals surface area contributed by atoms with E-state index in [1.807, 2.05) is 6.92 Å². The van der Waals surface area contributed by atoms with Crippen LogP contribution in [0.1, 0.15) is 17.4 Å². The van der Waals surface area contributed by atoms with Crippen LogP contribution < -0.4 is 0 Å². The monoisotopic (exact) mass is 236 g/mol. The molecule has 0 atom stereocenters. The Bertz CT molecular complexity index is 423. The van der Waals surface area contributed by atoms with Crippen molar-refractivity contribution in [1.82, 2.24) is 9.47 Å². The van der Waals surface area contributed by atoms with Crippen molar-refractivity contribution in [1.29, 1.82) is 0 Å². The highest BCUT2D eigenvalue weighted by Crippen LogP contribution is 2.07. The van der Waals surface area contributed by atoms with Gasteiger partial charge in [0.2, 0.25) is 0 Å². The number of aromatic nitrogens is 1. The molecule has 0 saturated heterocycles. The molecule has 0 aliphatic carbocycles. The van der Waals surface area contributed by atoms with E-state index in [0.29, 0.717) is 18.8 Å². The Kier molecular flexibility index (Phi) is 4.51. The van der Waals surface area contributed by atoms with E-state index in [-0.39, 0.29) is 12.5 Å². The van der Waals surface area contributed by atoms with Gasteiger partial charge in [-0.15, -0.1) is 6.58 Å². The van der Waals surface area contributed by atoms with E-state index in [4.69, 9.17) is 5.11 Å². The minimum atomic E-state index is -0.970. The van der Waals surface area contributed by atoms with E-state index in [2.05, 4.69) is 6.58 Å². The fourth-order valence-electron chi connectivity index (χ4n) is 1.57. The van der Waals surface area contributed by atoms with Crippen LogP contribution in [-0.4, -0.2) is 39.5 Å². The summed E-state index contributed by atoms with van der Waals surface area (Å²) in [6.45, 7) is 6.26. The smallest absolute Gasteiger partial charge is 0.323 e. The van der Waals surface area contributed by atoms with Crippen LogP contribution in [0.3, 0.4) is 0 Å². The molecule has 1 N–H and O–H groups in total. The molecule has 5 nitrogen and oxygen atoms in total. The van der Waals surface area contributed by atoms with Crippen molar-refractivity contribution >= 4 is 11.9 Å². The van der Waals surface area contributed by atoms with Gasteiger partial charge in [-0.1, -0.05) is 6.08 Å². The Labute approximate surface area is 100.0 Å². The predicted molar refractivity (Wildman–Crippen MR) is 63.8 cm³/mol. The number of hydrogen-bond donors (Lipinski definition) is 1. The van der Waals surface area contributed by atoms with Crippen molar-refractivity contribution in [3.8, 4) is 0 Å². The molecular weight excluding hydrogens is 220 g/mol. The van der Waals surface area contributed by atoms with E-state index in [1.54, 1.807) is 29.3 Å². The average Bonchev–Trinajstić information content (AvgIpc) is 2.72. The normalized spacial score (nSPS) is 9.94. The minimum Gasteiger partial charge on any atom is -0.480 e. The summed E-state index contributed by atoms with van der Waals surface area (Å²) in [5.41, 5.74) is 0.385. The number of carbonyl (C=O) groups excluding carboxylic acids is 1. The molecule has 0 fully saturated rings. The number of carboxylic acids is 1. The Morgan fingerprint density at radius 1 is 1.59 bits per heavy atom. The lowest BCUT2D eigenvalue weighted by molar-refractivity contribution is -0.137. The summed E-state index contributed by atoms with van der Waals surface area (Å²) in [4.78, 5) is 24.3. The summed E-state index contributed by atoms with van der Waals surface area (Å²) in [6, 6.07) is 3.29. The number of carboxylic acid groups (broad SMARTS) is 1. The van der Waals surface area contributed by atoms with Crippen molar-refractivity contribution in [3.05, 3.63) is 36.7 Å². The lowest BCUT2D eigenvalue weighted by Crippen LogP contribution is -2.32. The zero-order valence-electron chi connectivity index (χ0n) is 9.80. The van der Waals surface area contributed by atoms with Gasteiger partial charge < -0.3 is 14.6 Å². The summed E-state index contributed by atoms with van der Waals surface area (Å²) in [6.07, 6.45) is 3.23. The third kappa shape index (κ3) is 3.21. The van der Waals surface area contributed by atoms with Crippen LogP contribution in [0.15, 0.2) is 31.0 Å². The lowest BCUT2D eigenvalue weighted by atomic mass is 10.3. The molecule has 1 heterocycles. The van der Waals surface area contributed by atoms with E-state index < -0.39 is 5.97 Å². The fourth-order valence-corrected chi connectivity index (χ4v) is 1.57. The summed E-state index contributed by atoms with van der Waals surface area (Å²) >= 11 is 0. The highest BCUT2D eigenvalue weighted by atomic mass is 16.4. The highest BCUT2D eigenvalue weighted by Gasteiger charge is 2.17. The summed E-state index contributed by atoms with van der Waals surface area (Å²) in [7, 11) is 0. The van der Waals surface area contributed by atoms with Crippen molar-refractivity contribution in [2.75, 3.05) is 13.1 Å². The maximum absolute atomic E-state index is 12.1. The van der Waals surface area contributed by atoms with Crippen LogP contribution in [0, 0.1) is 0 Å². The maximum Gasteiger partial charge on any atom is 0.323 e. The number of rotatable bonds is 6. The summed E-state index contributed by atoms with van der Waals surface area (Å²) in [5.74, 6) is -1.15. The zero-order chi connectivity index (χ0) is 12.8. The molecule has 0 aromatic carbocycles. The standard InChI is InChI=1S/C12H16N2O3/c1-3-7-13(4-2)12(17)10-6-5-8-14(10)9-11(15)16/h3,5-6,8H,1,4,7,9H2,2H3,(H,15,16). The maximum atomic E-state index is 12.1. The number of carbonyl (C=O) groups is 2. The number of hydrogen-bond acceptors (Lipinski definition) is 2. The molecule has 1 aromatic heterocycles. The summed E-state index contributed by atoms with van der Waals surface area (Å²) in [5, 5.41) is 8.73. The van der Waals surface area contributed by atoms with E-state index in [9.17, 15) is 9.59 Å². The molecule has 1 rings (SSSR count). The van der Waals surface area contributed by atoms with Gasteiger partial charge in [0.25, 0.3) is 5.91 Å². The van der Waals surface area contributed by atoms with Crippen LogP contribution in [-0.2, 0) is 11.3 Å². The topological polar surface area (TPSA) is 62.5 Å². The predicted octanol–water partition coefficient (Wildman–Crippen LogP) is 1.22. The molecule has 1 aromatic rings. The quantitative estimate of drug-likeness (QED) is 0.755. The molecular formula is C12H16N2O3. The lowest BCUT2D eigenvalue weighted by Gasteiger charge is -2.19. The molecule has 0 aliphatic rings. The van der Waals surface area contributed by atoms with Gasteiger partial charge in [-0.05, 0) is 19.1 Å². The molecule has 17 heavy (non-hydrogen) atoms. The van der Waals surface area contributed by atoms with Gasteiger partial charge in [0.05, 0.1) is 0 Å². The second kappa shape index (κ2) is 5.89. The largest absolute Gasteiger partial charge is 0.480 e. The van der Waals surface area contributed by atoms with Crippen LogP contribution >= 0.6 is 0 Å². The SMILES string of the molecule is C=CCN(CC)C(=O)c1cccn1CC(=O)O. The molecule has 0 aliphatic heterocycles. The fraction of sp³-hybridized carbons (Fsp3) is 0.333. The van der Waals surface area contributed by atoms with E-state index >= 15 is 0 Å². The van der Waals surface area contributed by atoms with Gasteiger partial charge in [0.1, 0.15) is 12.2 Å². The van der Waals surface area contributed by atoms with Crippen LogP contribution in [0.2, 0.25) is 0 Å². The molecule has 0 unspecified atom stereocenters. The van der Waals surface area contributed by atoms with Gasteiger partial charge in [0, 0.05) is 19.3 Å². The van der Waals surface area contributed by atoms with Crippen molar-refractivity contribution in [2.24, 2.45) is 0 Å². The second-order valence-corrected chi connectivity index (χ2v) is 3.55. The Morgan fingerprint density at radius 3 is 2.82 bits per heavy atom. The van der Waals surface area contributed by atoms with Crippen molar-refractivity contribution < 1.29 is 14.7 Å². The molecule has 5 heteroatoms. The number of nitrogens with zero attached hydrogens (tertiary/aromatic N) is 2. The van der Waals surface area contributed by atoms with Crippen LogP contribution in [0.4, 0.5) is 0 Å². The molecule has 1 amide bonds. The Morgan fingerprint density at radius 2 is 2.29 bits per heavy atom. The minimum absolute atomic E-state index is 0.182. The molecule has 92 valence electrons. The molecule has 0 spiro atoms. The van der Waals surface area contributed by atoms with Crippen LogP contribution in [0.25, 0.3) is 0 Å². The first kappa shape index (κ1) is 13.0. The number of amides is 1. The third-order valence-corrected chi connectivity index (χ3v) is 2.37. The van der Waals surface area contributed by atoms with Crippen LogP contribution in [0.5, 0.6) is 0 Å². The number of likely N-dealkylation sites (N-methyl/N-ethyl adjacent to an activating group) is 1.